The number of hydrogen-bond acceptors (Lipinski definition) is 8. The van der Waals surface area contributed by atoms with Crippen molar-refractivity contribution in [1.29, 1.82) is 0 Å². The minimum absolute atomic E-state index is 0.330. The number of rotatable bonds is 5. The van der Waals surface area contributed by atoms with Crippen LogP contribution < -0.4 is 8.37 Å². The largest absolute Gasteiger partial charge is 0.534 e. The summed E-state index contributed by atoms with van der Waals surface area (Å²) in [6.45, 7) is 0. The highest BCUT2D eigenvalue weighted by Gasteiger charge is 2.51. The molecule has 0 aliphatic heterocycles. The molecule has 0 atom stereocenters. The van der Waals surface area contributed by atoms with Crippen LogP contribution in [-0.4, -0.2) is 40.9 Å². The number of benzene rings is 1. The summed E-state index contributed by atoms with van der Waals surface area (Å²) in [4.78, 5) is 11.5. The lowest BCUT2D eigenvalue weighted by Crippen LogP contribution is -2.30. The monoisotopic (exact) mass is 432 g/mol. The minimum Gasteiger partial charge on any atom is -0.465 e. The Morgan fingerprint density at radius 1 is 0.885 bits per heavy atom. The van der Waals surface area contributed by atoms with Gasteiger partial charge in [0.15, 0.2) is 5.75 Å². The van der Waals surface area contributed by atoms with Gasteiger partial charge in [0.2, 0.25) is 5.75 Å². The van der Waals surface area contributed by atoms with Crippen molar-refractivity contribution in [2.45, 2.75) is 11.0 Å². The summed E-state index contributed by atoms with van der Waals surface area (Å²) in [5.74, 6) is -4.95. The molecular weight excluding hydrogens is 426 g/mol. The van der Waals surface area contributed by atoms with Crippen molar-refractivity contribution in [3.05, 3.63) is 23.8 Å². The number of carbonyl (C=O) groups excluding carboxylic acids is 1. The van der Waals surface area contributed by atoms with Gasteiger partial charge < -0.3 is 13.1 Å². The Hall–Kier alpha value is -2.23. The molecule has 0 fully saturated rings. The molecule has 0 aliphatic rings. The molecule has 16 heteroatoms. The van der Waals surface area contributed by atoms with Crippen LogP contribution in [0.15, 0.2) is 18.2 Å². The molecule has 1 rings (SSSR count). The van der Waals surface area contributed by atoms with E-state index < -0.39 is 54.3 Å². The fraction of sp³-hybridized carbons (Fsp3) is 0.300. The lowest BCUT2D eigenvalue weighted by atomic mass is 10.2. The molecule has 8 nitrogen and oxygen atoms in total. The van der Waals surface area contributed by atoms with Gasteiger partial charge in [-0.25, -0.2) is 4.79 Å². The number of halogens is 6. The van der Waals surface area contributed by atoms with Gasteiger partial charge in [-0.1, -0.05) is 6.07 Å². The molecule has 0 amide bonds. The van der Waals surface area contributed by atoms with E-state index in [0.717, 1.165) is 0 Å². The Balaban J connectivity index is 3.61. The van der Waals surface area contributed by atoms with E-state index >= 15 is 0 Å². The predicted molar refractivity (Wildman–Crippen MR) is 69.0 cm³/mol. The predicted octanol–water partition coefficient (Wildman–Crippen LogP) is 1.93. The first-order valence-electron chi connectivity index (χ1n) is 5.76. The summed E-state index contributed by atoms with van der Waals surface area (Å²) < 4.78 is 130. The van der Waals surface area contributed by atoms with Gasteiger partial charge in [-0.05, 0) is 12.1 Å². The van der Waals surface area contributed by atoms with Crippen LogP contribution in [-0.2, 0) is 25.0 Å². The Kier molecular flexibility index (Phi) is 5.72. The maximum absolute atomic E-state index is 12.4. The van der Waals surface area contributed by atoms with Gasteiger partial charge in [-0.15, -0.1) is 0 Å². The topological polar surface area (TPSA) is 113 Å². The molecule has 0 N–H and O–H groups in total. The second kappa shape index (κ2) is 6.82. The number of alkyl halides is 6. The Bertz CT molecular complexity index is 900. The van der Waals surface area contributed by atoms with Crippen molar-refractivity contribution in [3.63, 3.8) is 0 Å². The van der Waals surface area contributed by atoms with E-state index in [0.29, 0.717) is 25.3 Å². The SMILES string of the molecule is COC(=O)c1cccc(OS(=O)(=O)C(F)(F)F)c1OS(=O)(=O)C(F)(F)F. The summed E-state index contributed by atoms with van der Waals surface area (Å²) in [5.41, 5.74) is -13.2. The van der Waals surface area contributed by atoms with E-state index in [1.165, 1.54) is 0 Å². The fourth-order valence-corrected chi connectivity index (χ4v) is 2.21. The van der Waals surface area contributed by atoms with Crippen molar-refractivity contribution < 1.29 is 61.1 Å². The van der Waals surface area contributed by atoms with E-state index in [2.05, 4.69) is 13.1 Å². The van der Waals surface area contributed by atoms with Crippen LogP contribution in [0.1, 0.15) is 10.4 Å². The van der Waals surface area contributed by atoms with Gasteiger partial charge >= 0.3 is 37.2 Å². The molecule has 0 aromatic heterocycles. The van der Waals surface area contributed by atoms with Crippen LogP contribution >= 0.6 is 0 Å². The number of ether oxygens (including phenoxy) is 1. The average molecular weight is 432 g/mol. The van der Waals surface area contributed by atoms with Gasteiger partial charge in [-0.2, -0.15) is 43.2 Å². The van der Waals surface area contributed by atoms with Crippen molar-refractivity contribution in [3.8, 4) is 11.5 Å². The van der Waals surface area contributed by atoms with Crippen molar-refractivity contribution in [1.82, 2.24) is 0 Å². The second-order valence-corrected chi connectivity index (χ2v) is 7.17. The molecule has 0 heterocycles. The smallest absolute Gasteiger partial charge is 0.465 e. The molecule has 0 saturated carbocycles. The summed E-state index contributed by atoms with van der Waals surface area (Å²) in [6, 6.07) is 1.61. The van der Waals surface area contributed by atoms with Crippen molar-refractivity contribution in [2.75, 3.05) is 7.11 Å². The highest BCUT2D eigenvalue weighted by Crippen LogP contribution is 2.38. The average Bonchev–Trinajstić information content (AvgIpc) is 2.45. The van der Waals surface area contributed by atoms with Crippen molar-refractivity contribution >= 4 is 26.2 Å². The van der Waals surface area contributed by atoms with Crippen LogP contribution in [0.25, 0.3) is 0 Å². The number of methoxy groups -OCH3 is 1. The molecule has 26 heavy (non-hydrogen) atoms. The molecule has 0 radical (unpaired) electrons. The van der Waals surface area contributed by atoms with Crippen LogP contribution in [0.5, 0.6) is 11.5 Å². The molecular formula is C10H6F6O8S2. The number of carbonyl (C=O) groups is 1. The molecule has 148 valence electrons. The first-order valence-corrected chi connectivity index (χ1v) is 8.58. The maximum Gasteiger partial charge on any atom is 0.534 e. The quantitative estimate of drug-likeness (QED) is 0.300. The molecule has 0 saturated heterocycles. The summed E-state index contributed by atoms with van der Waals surface area (Å²) in [7, 11) is -12.2. The number of esters is 1. The molecule has 1 aromatic carbocycles. The third kappa shape index (κ3) is 4.48. The Labute approximate surface area is 141 Å². The third-order valence-electron chi connectivity index (χ3n) is 2.34. The first-order chi connectivity index (χ1) is 11.5. The minimum atomic E-state index is -6.49. The first kappa shape index (κ1) is 21.8. The highest BCUT2D eigenvalue weighted by molar-refractivity contribution is 7.88. The normalized spacial score (nSPS) is 13.2. The van der Waals surface area contributed by atoms with E-state index in [-0.39, 0.29) is 0 Å². The van der Waals surface area contributed by atoms with Crippen LogP contribution in [0.3, 0.4) is 0 Å². The standard InChI is InChI=1S/C10H6F6O8S2/c1-22-8(17)5-3-2-4-6(23-25(18,19)9(11,12)13)7(5)24-26(20,21)10(14,15)16/h2-4H,1H3. The summed E-state index contributed by atoms with van der Waals surface area (Å²) in [5, 5.41) is 0. The summed E-state index contributed by atoms with van der Waals surface area (Å²) >= 11 is 0. The van der Waals surface area contributed by atoms with Crippen LogP contribution in [0.2, 0.25) is 0 Å². The number of hydrogen-bond donors (Lipinski definition) is 0. The van der Waals surface area contributed by atoms with Crippen LogP contribution in [0, 0.1) is 0 Å². The third-order valence-corrected chi connectivity index (χ3v) is 4.26. The molecule has 1 aromatic rings. The zero-order valence-corrected chi connectivity index (χ0v) is 13.7. The second-order valence-electron chi connectivity index (χ2n) is 4.09. The molecule has 0 unspecified atom stereocenters. The van der Waals surface area contributed by atoms with Gasteiger partial charge in [-0.3, -0.25) is 0 Å². The van der Waals surface area contributed by atoms with Crippen LogP contribution in [0.4, 0.5) is 26.3 Å². The molecule has 0 bridgehead atoms. The zero-order valence-electron chi connectivity index (χ0n) is 12.1. The zero-order chi connectivity index (χ0) is 20.6. The Morgan fingerprint density at radius 2 is 1.35 bits per heavy atom. The highest BCUT2D eigenvalue weighted by atomic mass is 32.2. The lowest BCUT2D eigenvalue weighted by Gasteiger charge is -2.16. The Morgan fingerprint density at radius 3 is 1.77 bits per heavy atom. The fourth-order valence-electron chi connectivity index (χ4n) is 1.26. The van der Waals surface area contributed by atoms with Gasteiger partial charge in [0.05, 0.1) is 7.11 Å². The lowest BCUT2D eigenvalue weighted by molar-refractivity contribution is -0.0513. The van der Waals surface area contributed by atoms with Gasteiger partial charge in [0.1, 0.15) is 5.56 Å². The van der Waals surface area contributed by atoms with E-state index in [1.807, 2.05) is 0 Å². The van der Waals surface area contributed by atoms with Gasteiger partial charge in [0.25, 0.3) is 0 Å². The van der Waals surface area contributed by atoms with Gasteiger partial charge in [0, 0.05) is 0 Å². The van der Waals surface area contributed by atoms with E-state index in [9.17, 15) is 48.0 Å². The molecule has 0 aliphatic carbocycles. The van der Waals surface area contributed by atoms with E-state index in [1.54, 1.807) is 0 Å². The molecule has 0 spiro atoms. The summed E-state index contributed by atoms with van der Waals surface area (Å²) in [6.07, 6.45) is 0. The van der Waals surface area contributed by atoms with Crippen molar-refractivity contribution in [2.24, 2.45) is 0 Å². The van der Waals surface area contributed by atoms with E-state index in [4.69, 9.17) is 0 Å². The number of para-hydroxylation sites is 1. The maximum atomic E-state index is 12.4.